The largest absolute Gasteiger partial charge is 0.374 e. The topological polar surface area (TPSA) is 36.0 Å². The molecule has 0 radical (unpaired) electrons. The van der Waals surface area contributed by atoms with Gasteiger partial charge in [-0.2, -0.15) is 11.3 Å². The Balaban J connectivity index is 1.78. The van der Waals surface area contributed by atoms with Gasteiger partial charge in [-0.25, -0.2) is 0 Å². The Morgan fingerprint density at radius 1 is 1.48 bits per heavy atom. The molecule has 1 fully saturated rings. The second kappa shape index (κ2) is 7.89. The lowest BCUT2D eigenvalue weighted by Gasteiger charge is -2.34. The van der Waals surface area contributed by atoms with Crippen LogP contribution in [0.1, 0.15) is 5.56 Å². The quantitative estimate of drug-likeness (QED) is 0.784. The van der Waals surface area contributed by atoms with Gasteiger partial charge in [0.25, 0.3) is 0 Å². The molecule has 1 aliphatic heterocycles. The van der Waals surface area contributed by atoms with Crippen LogP contribution in [0.2, 0.25) is 0 Å². The van der Waals surface area contributed by atoms with E-state index in [9.17, 15) is 4.79 Å². The number of morpholine rings is 1. The average Bonchev–Trinajstić information content (AvgIpc) is 2.91. The third kappa shape index (κ3) is 5.39. The van der Waals surface area contributed by atoms with Crippen molar-refractivity contribution in [2.75, 3.05) is 53.9 Å². The summed E-state index contributed by atoms with van der Waals surface area (Å²) < 4.78 is 5.74. The van der Waals surface area contributed by atoms with Gasteiger partial charge in [-0.1, -0.05) is 0 Å². The number of amides is 1. The monoisotopic (exact) mass is 311 g/mol. The van der Waals surface area contributed by atoms with Gasteiger partial charge in [0, 0.05) is 33.2 Å². The number of rotatable bonds is 6. The Bertz CT molecular complexity index is 436. The van der Waals surface area contributed by atoms with Gasteiger partial charge in [0.1, 0.15) is 0 Å². The third-order valence-electron chi connectivity index (χ3n) is 3.58. The number of thiophene rings is 1. The first kappa shape index (κ1) is 16.4. The van der Waals surface area contributed by atoms with E-state index in [1.54, 1.807) is 16.2 Å². The minimum atomic E-state index is 0.173. The second-order valence-electron chi connectivity index (χ2n) is 5.87. The van der Waals surface area contributed by atoms with E-state index in [0.717, 1.165) is 19.6 Å². The number of hydrogen-bond acceptors (Lipinski definition) is 5. The lowest BCUT2D eigenvalue weighted by Crippen LogP contribution is -2.49. The summed E-state index contributed by atoms with van der Waals surface area (Å²) in [7, 11) is 5.96. The van der Waals surface area contributed by atoms with Crippen molar-refractivity contribution in [3.63, 3.8) is 0 Å². The first-order valence-corrected chi connectivity index (χ1v) is 8.22. The van der Waals surface area contributed by atoms with E-state index in [1.165, 1.54) is 5.56 Å². The molecule has 5 nitrogen and oxygen atoms in total. The van der Waals surface area contributed by atoms with E-state index in [4.69, 9.17) is 4.74 Å². The van der Waals surface area contributed by atoms with Crippen molar-refractivity contribution in [2.45, 2.75) is 12.6 Å². The molecule has 1 aliphatic rings. The van der Waals surface area contributed by atoms with Crippen LogP contribution in [0.15, 0.2) is 16.8 Å². The first-order chi connectivity index (χ1) is 10.0. The summed E-state index contributed by atoms with van der Waals surface area (Å²) >= 11 is 1.67. The fraction of sp³-hybridized carbons (Fsp3) is 0.667. The van der Waals surface area contributed by atoms with Crippen LogP contribution in [-0.4, -0.2) is 80.6 Å². The van der Waals surface area contributed by atoms with Crippen LogP contribution in [0.3, 0.4) is 0 Å². The minimum absolute atomic E-state index is 0.173. The number of carbonyl (C=O) groups is 1. The Morgan fingerprint density at radius 3 is 2.95 bits per heavy atom. The predicted molar refractivity (Wildman–Crippen MR) is 85.5 cm³/mol. The smallest absolute Gasteiger partial charge is 0.236 e. The van der Waals surface area contributed by atoms with Crippen LogP contribution in [0.25, 0.3) is 0 Å². The highest BCUT2D eigenvalue weighted by Crippen LogP contribution is 2.10. The fourth-order valence-corrected chi connectivity index (χ4v) is 3.16. The zero-order valence-corrected chi connectivity index (χ0v) is 13.9. The maximum absolute atomic E-state index is 12.3. The summed E-state index contributed by atoms with van der Waals surface area (Å²) in [4.78, 5) is 18.4. The van der Waals surface area contributed by atoms with Crippen molar-refractivity contribution < 1.29 is 9.53 Å². The molecule has 6 heteroatoms. The van der Waals surface area contributed by atoms with Crippen molar-refractivity contribution >= 4 is 17.2 Å². The molecule has 0 aromatic carbocycles. The Hall–Kier alpha value is -0.950. The summed E-state index contributed by atoms with van der Waals surface area (Å²) in [6, 6.07) is 2.07. The predicted octanol–water partition coefficient (Wildman–Crippen LogP) is 0.969. The molecule has 1 aromatic rings. The van der Waals surface area contributed by atoms with Crippen LogP contribution in [0.4, 0.5) is 0 Å². The number of carbonyl (C=O) groups excluding carboxylic acids is 1. The average molecular weight is 311 g/mol. The van der Waals surface area contributed by atoms with Crippen LogP contribution < -0.4 is 0 Å². The molecule has 2 rings (SSSR count). The van der Waals surface area contributed by atoms with Crippen molar-refractivity contribution in [1.82, 2.24) is 14.7 Å². The number of hydrogen-bond donors (Lipinski definition) is 0. The van der Waals surface area contributed by atoms with E-state index < -0.39 is 0 Å². The molecule has 0 spiro atoms. The lowest BCUT2D eigenvalue weighted by atomic mass is 10.2. The summed E-state index contributed by atoms with van der Waals surface area (Å²) in [5.41, 5.74) is 1.20. The number of nitrogens with zero attached hydrogens (tertiary/aromatic N) is 3. The van der Waals surface area contributed by atoms with Gasteiger partial charge in [0.2, 0.25) is 5.91 Å². The Kier molecular flexibility index (Phi) is 6.17. The van der Waals surface area contributed by atoms with Crippen LogP contribution >= 0.6 is 11.3 Å². The van der Waals surface area contributed by atoms with Crippen molar-refractivity contribution in [1.29, 1.82) is 0 Å². The van der Waals surface area contributed by atoms with Crippen LogP contribution in [-0.2, 0) is 16.1 Å². The zero-order chi connectivity index (χ0) is 15.2. The molecule has 0 saturated carbocycles. The van der Waals surface area contributed by atoms with Gasteiger partial charge in [-0.15, -0.1) is 0 Å². The lowest BCUT2D eigenvalue weighted by molar-refractivity contribution is -0.133. The summed E-state index contributed by atoms with van der Waals surface area (Å²) in [5.74, 6) is 0.173. The molecule has 0 bridgehead atoms. The molecule has 1 saturated heterocycles. The Morgan fingerprint density at radius 2 is 2.29 bits per heavy atom. The highest BCUT2D eigenvalue weighted by molar-refractivity contribution is 7.07. The molecule has 1 aromatic heterocycles. The fourth-order valence-electron chi connectivity index (χ4n) is 2.50. The van der Waals surface area contributed by atoms with Crippen LogP contribution in [0, 0.1) is 0 Å². The maximum Gasteiger partial charge on any atom is 0.236 e. The highest BCUT2D eigenvalue weighted by atomic mass is 32.1. The molecule has 118 valence electrons. The second-order valence-corrected chi connectivity index (χ2v) is 6.65. The minimum Gasteiger partial charge on any atom is -0.374 e. The van der Waals surface area contributed by atoms with Crippen molar-refractivity contribution in [3.8, 4) is 0 Å². The van der Waals surface area contributed by atoms with Gasteiger partial charge >= 0.3 is 0 Å². The van der Waals surface area contributed by atoms with E-state index in [1.807, 2.05) is 26.5 Å². The van der Waals surface area contributed by atoms with Gasteiger partial charge in [-0.05, 0) is 36.5 Å². The highest BCUT2D eigenvalue weighted by Gasteiger charge is 2.23. The molecule has 0 unspecified atom stereocenters. The Labute approximate surface area is 131 Å². The van der Waals surface area contributed by atoms with Crippen molar-refractivity contribution in [2.24, 2.45) is 0 Å². The molecule has 0 N–H and O–H groups in total. The molecule has 1 atom stereocenters. The zero-order valence-electron chi connectivity index (χ0n) is 13.1. The van der Waals surface area contributed by atoms with Gasteiger partial charge in [-0.3, -0.25) is 9.69 Å². The first-order valence-electron chi connectivity index (χ1n) is 7.28. The van der Waals surface area contributed by atoms with E-state index in [0.29, 0.717) is 19.7 Å². The number of ether oxygens (including phenoxy) is 1. The molecular weight excluding hydrogens is 286 g/mol. The van der Waals surface area contributed by atoms with Crippen LogP contribution in [0.5, 0.6) is 0 Å². The normalized spacial score (nSPS) is 19.9. The molecule has 2 heterocycles. The SMILES string of the molecule is CN(C)C[C@H]1CN(CC(=O)N(C)Cc2ccsc2)CCO1. The molecule has 21 heavy (non-hydrogen) atoms. The van der Waals surface area contributed by atoms with Gasteiger partial charge in [0.15, 0.2) is 0 Å². The van der Waals surface area contributed by atoms with Crippen molar-refractivity contribution in [3.05, 3.63) is 22.4 Å². The van der Waals surface area contributed by atoms with E-state index in [2.05, 4.69) is 21.2 Å². The number of likely N-dealkylation sites (N-methyl/N-ethyl adjacent to an activating group) is 2. The summed E-state index contributed by atoms with van der Waals surface area (Å²) in [5, 5.41) is 4.13. The van der Waals surface area contributed by atoms with E-state index in [-0.39, 0.29) is 12.0 Å². The molecular formula is C15H25N3O2S. The standard InChI is InChI=1S/C15H25N3O2S/c1-16(2)9-14-10-18(5-6-20-14)11-15(19)17(3)8-13-4-7-21-12-13/h4,7,12,14H,5-6,8-11H2,1-3H3/t14-/m0/s1. The maximum atomic E-state index is 12.3. The molecule has 1 amide bonds. The summed E-state index contributed by atoms with van der Waals surface area (Å²) in [6.07, 6.45) is 0.198. The van der Waals surface area contributed by atoms with E-state index >= 15 is 0 Å². The summed E-state index contributed by atoms with van der Waals surface area (Å²) in [6.45, 7) is 4.44. The van der Waals surface area contributed by atoms with Gasteiger partial charge < -0.3 is 14.5 Å². The molecule has 0 aliphatic carbocycles. The van der Waals surface area contributed by atoms with Gasteiger partial charge in [0.05, 0.1) is 19.3 Å². The third-order valence-corrected chi connectivity index (χ3v) is 4.31.